The summed E-state index contributed by atoms with van der Waals surface area (Å²) in [4.78, 5) is 60.7. The zero-order valence-corrected chi connectivity index (χ0v) is 25.6. The summed E-state index contributed by atoms with van der Waals surface area (Å²) in [6.45, 7) is 8.13. The van der Waals surface area contributed by atoms with Crippen molar-refractivity contribution in [3.05, 3.63) is 65.8 Å². The van der Waals surface area contributed by atoms with Gasteiger partial charge in [-0.05, 0) is 51.7 Å². The number of nitrogens with zero attached hydrogens (tertiary/aromatic N) is 4. The molecule has 11 heteroatoms. The quantitative estimate of drug-likeness (QED) is 0.342. The maximum atomic E-state index is 13.7. The number of para-hydroxylation sites is 1. The number of pyridine rings is 1. The molecule has 3 aromatic heterocycles. The summed E-state index contributed by atoms with van der Waals surface area (Å²) in [6.07, 6.45) is 8.18. The van der Waals surface area contributed by atoms with E-state index in [1.54, 1.807) is 23.4 Å². The van der Waals surface area contributed by atoms with Crippen LogP contribution >= 0.6 is 0 Å². The van der Waals surface area contributed by atoms with Crippen molar-refractivity contribution in [3.8, 4) is 0 Å². The topological polar surface area (TPSA) is 127 Å². The van der Waals surface area contributed by atoms with E-state index in [4.69, 9.17) is 9.15 Å². The van der Waals surface area contributed by atoms with Crippen molar-refractivity contribution in [1.82, 2.24) is 24.7 Å². The van der Waals surface area contributed by atoms with E-state index < -0.39 is 17.4 Å². The summed E-state index contributed by atoms with van der Waals surface area (Å²) < 4.78 is 13.3. The second-order valence-electron chi connectivity index (χ2n) is 12.9. The fourth-order valence-corrected chi connectivity index (χ4v) is 6.76. The number of hydrogen-bond donors (Lipinski definition) is 1. The van der Waals surface area contributed by atoms with Gasteiger partial charge in [0.1, 0.15) is 11.2 Å². The Bertz CT molecular complexity index is 1900. The first-order valence-corrected chi connectivity index (χ1v) is 15.4. The molecule has 0 atom stereocenters. The van der Waals surface area contributed by atoms with Crippen molar-refractivity contribution in [3.63, 3.8) is 0 Å². The molecule has 0 radical (unpaired) electrons. The molecule has 1 N–H and O–H groups in total. The highest BCUT2D eigenvalue weighted by Crippen LogP contribution is 2.39. The number of benzene rings is 1. The van der Waals surface area contributed by atoms with Crippen LogP contribution < -0.4 is 5.32 Å². The Morgan fingerprint density at radius 3 is 2.44 bits per heavy atom. The number of amides is 4. The Morgan fingerprint density at radius 2 is 1.69 bits per heavy atom. The van der Waals surface area contributed by atoms with Crippen LogP contribution in [-0.2, 0) is 32.1 Å². The molecular formula is C34H35N5O6. The summed E-state index contributed by atoms with van der Waals surface area (Å²) in [7, 11) is 0. The fourth-order valence-electron chi connectivity index (χ4n) is 6.76. The van der Waals surface area contributed by atoms with E-state index in [2.05, 4.69) is 20.9 Å². The van der Waals surface area contributed by atoms with Gasteiger partial charge >= 0.3 is 6.09 Å². The Labute approximate surface area is 259 Å². The van der Waals surface area contributed by atoms with Gasteiger partial charge in [-0.3, -0.25) is 24.7 Å². The molecule has 0 bridgehead atoms. The normalized spacial score (nSPS) is 18.0. The van der Waals surface area contributed by atoms with Gasteiger partial charge in [-0.25, -0.2) is 4.79 Å². The molecule has 0 spiro atoms. The first-order valence-electron chi connectivity index (χ1n) is 15.4. The van der Waals surface area contributed by atoms with E-state index in [1.165, 1.54) is 6.26 Å². The zero-order chi connectivity index (χ0) is 31.5. The highest BCUT2D eigenvalue weighted by atomic mass is 16.6. The molecule has 3 aliphatic heterocycles. The lowest BCUT2D eigenvalue weighted by Gasteiger charge is -2.35. The number of likely N-dealkylation sites (tertiary alicyclic amines) is 1. The van der Waals surface area contributed by atoms with Crippen LogP contribution in [0, 0.1) is 5.92 Å². The number of piperidine rings is 1. The Hall–Kier alpha value is -4.93. The summed E-state index contributed by atoms with van der Waals surface area (Å²) >= 11 is 0. The first kappa shape index (κ1) is 28.8. The summed E-state index contributed by atoms with van der Waals surface area (Å²) in [5, 5.41) is 4.09. The molecule has 232 valence electrons. The number of carbonyl (C=O) groups excluding carboxylic acids is 4. The minimum atomic E-state index is -0.561. The van der Waals surface area contributed by atoms with E-state index in [0.29, 0.717) is 68.7 Å². The predicted molar refractivity (Wildman–Crippen MR) is 167 cm³/mol. The Balaban J connectivity index is 1.16. The average Bonchev–Trinajstić information content (AvgIpc) is 3.70. The van der Waals surface area contributed by atoms with Crippen molar-refractivity contribution < 1.29 is 28.3 Å². The van der Waals surface area contributed by atoms with Crippen molar-refractivity contribution >= 4 is 56.8 Å². The number of carbonyl (C=O) groups is 4. The van der Waals surface area contributed by atoms with Gasteiger partial charge in [-0.15, -0.1) is 0 Å². The number of fused-ring (bicyclic) bond motifs is 1. The third-order valence-corrected chi connectivity index (χ3v) is 8.88. The van der Waals surface area contributed by atoms with Gasteiger partial charge in [-0.1, -0.05) is 18.2 Å². The number of furan rings is 1. The SMILES string of the molecule is CC(C)(C)OC(=O)N1CCC(C(=O)N2CCc3cccc4c(C5=C(c6cncc7ccoc67)C(=O)NC5=O)cn(c34)CC2)CC1. The van der Waals surface area contributed by atoms with Crippen LogP contribution in [0.25, 0.3) is 33.0 Å². The van der Waals surface area contributed by atoms with E-state index in [-0.39, 0.29) is 29.1 Å². The second kappa shape index (κ2) is 10.9. The van der Waals surface area contributed by atoms with Crippen LogP contribution in [0.3, 0.4) is 0 Å². The van der Waals surface area contributed by atoms with Crippen LogP contribution in [-0.4, -0.2) is 74.9 Å². The first-order chi connectivity index (χ1) is 21.6. The lowest BCUT2D eigenvalue weighted by Crippen LogP contribution is -2.47. The highest BCUT2D eigenvalue weighted by molar-refractivity contribution is 6.50. The monoisotopic (exact) mass is 609 g/mol. The number of imide groups is 1. The van der Waals surface area contributed by atoms with Crippen molar-refractivity contribution in [2.75, 3.05) is 26.2 Å². The predicted octanol–water partition coefficient (Wildman–Crippen LogP) is 4.38. The van der Waals surface area contributed by atoms with Crippen LogP contribution in [0.2, 0.25) is 0 Å². The highest BCUT2D eigenvalue weighted by Gasteiger charge is 2.37. The minimum absolute atomic E-state index is 0.103. The van der Waals surface area contributed by atoms with Crippen molar-refractivity contribution in [2.24, 2.45) is 5.92 Å². The molecular weight excluding hydrogens is 574 g/mol. The number of nitrogens with one attached hydrogen (secondary N) is 1. The molecule has 45 heavy (non-hydrogen) atoms. The Kier molecular flexibility index (Phi) is 6.98. The third kappa shape index (κ3) is 5.15. The van der Waals surface area contributed by atoms with Crippen LogP contribution in [0.5, 0.6) is 0 Å². The van der Waals surface area contributed by atoms with Crippen molar-refractivity contribution in [1.29, 1.82) is 0 Å². The van der Waals surface area contributed by atoms with Crippen LogP contribution in [0.4, 0.5) is 4.79 Å². The van der Waals surface area contributed by atoms with Crippen LogP contribution in [0.1, 0.15) is 50.3 Å². The molecule has 1 aromatic carbocycles. The largest absolute Gasteiger partial charge is 0.464 e. The fraction of sp³-hybridized carbons (Fsp3) is 0.382. The maximum absolute atomic E-state index is 13.7. The summed E-state index contributed by atoms with van der Waals surface area (Å²) in [6, 6.07) is 7.75. The number of ether oxygens (including phenoxy) is 1. The lowest BCUT2D eigenvalue weighted by atomic mass is 9.94. The average molecular weight is 610 g/mol. The number of hydrogen-bond acceptors (Lipinski definition) is 7. The van der Waals surface area contributed by atoms with Crippen molar-refractivity contribution in [2.45, 2.75) is 52.2 Å². The molecule has 1 fully saturated rings. The van der Waals surface area contributed by atoms with E-state index in [0.717, 1.165) is 21.9 Å². The standard InChI is InChI=1S/C34H35N5O6/c1-34(2,3)45-33(43)38-12-8-21(9-13-38)32(42)37-11-7-20-5-4-6-23-25(19-39(15-14-37)28(20)23)27-26(30(40)36-31(27)41)24-18-35-17-22-10-16-44-29(22)24/h4-6,10,16-19,21H,7-9,11-15H2,1-3H3,(H,36,40,41). The number of aromatic nitrogens is 2. The Morgan fingerprint density at radius 1 is 0.933 bits per heavy atom. The lowest BCUT2D eigenvalue weighted by molar-refractivity contribution is -0.137. The molecule has 7 rings (SSSR count). The van der Waals surface area contributed by atoms with Gasteiger partial charge < -0.3 is 23.5 Å². The minimum Gasteiger partial charge on any atom is -0.464 e. The molecule has 0 aliphatic carbocycles. The molecule has 3 aliphatic rings. The van der Waals surface area contributed by atoms with E-state index in [1.807, 2.05) is 44.0 Å². The molecule has 11 nitrogen and oxygen atoms in total. The number of rotatable bonds is 3. The third-order valence-electron chi connectivity index (χ3n) is 8.88. The van der Waals surface area contributed by atoms with Gasteiger partial charge in [0.25, 0.3) is 11.8 Å². The maximum Gasteiger partial charge on any atom is 0.410 e. The summed E-state index contributed by atoms with van der Waals surface area (Å²) in [5.41, 5.74) is 3.65. The van der Waals surface area contributed by atoms with Gasteiger partial charge in [-0.2, -0.15) is 0 Å². The van der Waals surface area contributed by atoms with E-state index in [9.17, 15) is 19.2 Å². The second-order valence-corrected chi connectivity index (χ2v) is 12.9. The zero-order valence-electron chi connectivity index (χ0n) is 25.6. The van der Waals surface area contributed by atoms with Gasteiger partial charge in [0.05, 0.1) is 22.9 Å². The van der Waals surface area contributed by atoms with Gasteiger partial charge in [0.15, 0.2) is 0 Å². The molecule has 0 unspecified atom stereocenters. The van der Waals surface area contributed by atoms with Crippen LogP contribution in [0.15, 0.2) is 53.5 Å². The molecule has 6 heterocycles. The summed E-state index contributed by atoms with van der Waals surface area (Å²) in [5.74, 6) is -1.01. The molecule has 1 saturated heterocycles. The van der Waals surface area contributed by atoms with E-state index >= 15 is 0 Å². The molecule has 4 amide bonds. The smallest absolute Gasteiger partial charge is 0.410 e. The molecule has 4 aromatic rings. The van der Waals surface area contributed by atoms with Gasteiger partial charge in [0, 0.05) is 79.1 Å². The van der Waals surface area contributed by atoms with Gasteiger partial charge in [0.2, 0.25) is 5.91 Å². The molecule has 0 saturated carbocycles.